The Morgan fingerprint density at radius 2 is 1.80 bits per heavy atom. The highest BCUT2D eigenvalue weighted by molar-refractivity contribution is 9.10. The molecule has 0 aliphatic rings. The number of ether oxygens (including phenoxy) is 1. The van der Waals surface area contributed by atoms with Crippen molar-refractivity contribution in [3.05, 3.63) is 60.2 Å². The molecule has 2 aromatic rings. The summed E-state index contributed by atoms with van der Waals surface area (Å²) in [5.74, 6) is 0.710. The summed E-state index contributed by atoms with van der Waals surface area (Å²) in [5.41, 5.74) is 1.88. The van der Waals surface area contributed by atoms with Gasteiger partial charge in [-0.05, 0) is 36.2 Å². The minimum absolute atomic E-state index is 0.0565. The van der Waals surface area contributed by atoms with Crippen LogP contribution in [0.15, 0.2) is 54.6 Å². The number of amides is 1. The van der Waals surface area contributed by atoms with Crippen LogP contribution in [-0.4, -0.2) is 17.8 Å². The third-order valence-electron chi connectivity index (χ3n) is 2.90. The summed E-state index contributed by atoms with van der Waals surface area (Å²) in [6, 6.07) is 17.2. The highest BCUT2D eigenvalue weighted by Crippen LogP contribution is 2.17. The average molecular weight is 334 g/mol. The van der Waals surface area contributed by atoms with E-state index in [-0.39, 0.29) is 10.7 Å². The Kier molecular flexibility index (Phi) is 5.18. The van der Waals surface area contributed by atoms with E-state index in [1.807, 2.05) is 54.6 Å². The van der Waals surface area contributed by atoms with Crippen molar-refractivity contribution in [1.29, 1.82) is 0 Å². The van der Waals surface area contributed by atoms with E-state index >= 15 is 0 Å². The van der Waals surface area contributed by atoms with Crippen LogP contribution in [0.1, 0.15) is 5.56 Å². The molecule has 0 fully saturated rings. The number of benzene rings is 2. The van der Waals surface area contributed by atoms with E-state index < -0.39 is 0 Å². The van der Waals surface area contributed by atoms with Crippen LogP contribution in [0, 0.1) is 0 Å². The van der Waals surface area contributed by atoms with Crippen molar-refractivity contribution in [2.45, 2.75) is 11.2 Å². The quantitative estimate of drug-likeness (QED) is 0.848. The molecule has 0 spiro atoms. The molecule has 1 atom stereocenters. The summed E-state index contributed by atoms with van der Waals surface area (Å²) in [7, 11) is 1.61. The number of anilines is 1. The normalized spacial score (nSPS) is 11.7. The first kappa shape index (κ1) is 14.6. The molecule has 1 N–H and O–H groups in total. The van der Waals surface area contributed by atoms with Crippen LogP contribution < -0.4 is 10.1 Å². The molecule has 0 saturated carbocycles. The van der Waals surface area contributed by atoms with Gasteiger partial charge in [-0.3, -0.25) is 4.79 Å². The fourth-order valence-corrected chi connectivity index (χ4v) is 2.30. The first-order valence-electron chi connectivity index (χ1n) is 6.32. The molecule has 0 aliphatic heterocycles. The zero-order valence-electron chi connectivity index (χ0n) is 11.2. The summed E-state index contributed by atoms with van der Waals surface area (Å²) < 4.78 is 5.08. The van der Waals surface area contributed by atoms with Gasteiger partial charge in [0.1, 0.15) is 5.75 Å². The van der Waals surface area contributed by atoms with Crippen LogP contribution in [0.4, 0.5) is 5.69 Å². The van der Waals surface area contributed by atoms with Crippen molar-refractivity contribution in [1.82, 2.24) is 0 Å². The molecule has 0 heterocycles. The van der Waals surface area contributed by atoms with Crippen LogP contribution in [0.5, 0.6) is 5.75 Å². The molecule has 2 aromatic carbocycles. The fraction of sp³-hybridized carbons (Fsp3) is 0.188. The highest BCUT2D eigenvalue weighted by atomic mass is 79.9. The Morgan fingerprint density at radius 3 is 2.40 bits per heavy atom. The van der Waals surface area contributed by atoms with Gasteiger partial charge in [-0.2, -0.15) is 0 Å². The molecule has 0 bridgehead atoms. The smallest absolute Gasteiger partial charge is 0.238 e. The lowest BCUT2D eigenvalue weighted by Gasteiger charge is -2.11. The van der Waals surface area contributed by atoms with Gasteiger partial charge in [-0.1, -0.05) is 46.3 Å². The maximum atomic E-state index is 12.1. The summed E-state index contributed by atoms with van der Waals surface area (Å²) in [5, 5.41) is 2.87. The minimum Gasteiger partial charge on any atom is -0.497 e. The maximum Gasteiger partial charge on any atom is 0.238 e. The number of hydrogen-bond acceptors (Lipinski definition) is 2. The highest BCUT2D eigenvalue weighted by Gasteiger charge is 2.15. The third kappa shape index (κ3) is 4.10. The van der Waals surface area contributed by atoms with E-state index in [0.717, 1.165) is 17.0 Å². The topological polar surface area (TPSA) is 38.3 Å². The van der Waals surface area contributed by atoms with Gasteiger partial charge >= 0.3 is 0 Å². The lowest BCUT2D eigenvalue weighted by atomic mass is 10.1. The maximum absolute atomic E-state index is 12.1. The predicted octanol–water partition coefficient (Wildman–Crippen LogP) is 3.64. The van der Waals surface area contributed by atoms with Gasteiger partial charge in [0.25, 0.3) is 0 Å². The van der Waals surface area contributed by atoms with Gasteiger partial charge < -0.3 is 10.1 Å². The largest absolute Gasteiger partial charge is 0.497 e. The van der Waals surface area contributed by atoms with Gasteiger partial charge in [-0.25, -0.2) is 0 Å². The first-order valence-corrected chi connectivity index (χ1v) is 7.23. The van der Waals surface area contributed by atoms with E-state index in [2.05, 4.69) is 21.2 Å². The molecule has 0 radical (unpaired) electrons. The number of alkyl halides is 1. The second-order valence-corrected chi connectivity index (χ2v) is 5.48. The molecular weight excluding hydrogens is 318 g/mol. The molecule has 3 nitrogen and oxygen atoms in total. The molecule has 1 amide bonds. The third-order valence-corrected chi connectivity index (χ3v) is 3.64. The Morgan fingerprint density at radius 1 is 1.15 bits per heavy atom. The standard InChI is InChI=1S/C16H16BrNO2/c1-20-14-9-7-13(8-10-14)18-16(19)15(17)11-12-5-3-2-4-6-12/h2-10,15H,11H2,1H3,(H,18,19). The zero-order valence-corrected chi connectivity index (χ0v) is 12.8. The molecule has 1 unspecified atom stereocenters. The number of carbonyl (C=O) groups is 1. The van der Waals surface area contributed by atoms with Crippen molar-refractivity contribution in [3.8, 4) is 5.75 Å². The molecule has 4 heteroatoms. The minimum atomic E-state index is -0.257. The summed E-state index contributed by atoms with van der Waals surface area (Å²) in [6.07, 6.45) is 0.656. The second kappa shape index (κ2) is 7.10. The SMILES string of the molecule is COc1ccc(NC(=O)C(Br)Cc2ccccc2)cc1. The van der Waals surface area contributed by atoms with Crippen molar-refractivity contribution >= 4 is 27.5 Å². The van der Waals surface area contributed by atoms with Gasteiger partial charge in [-0.15, -0.1) is 0 Å². The molecule has 20 heavy (non-hydrogen) atoms. The van der Waals surface area contributed by atoms with Gasteiger partial charge in [0.15, 0.2) is 0 Å². The average Bonchev–Trinajstić information content (AvgIpc) is 2.49. The first-order chi connectivity index (χ1) is 9.69. The molecule has 0 saturated heterocycles. The van der Waals surface area contributed by atoms with Crippen LogP contribution in [0.25, 0.3) is 0 Å². The number of nitrogens with one attached hydrogen (secondary N) is 1. The summed E-state index contributed by atoms with van der Waals surface area (Å²) >= 11 is 3.43. The van der Waals surface area contributed by atoms with E-state index in [0.29, 0.717) is 6.42 Å². The number of rotatable bonds is 5. The summed E-state index contributed by atoms with van der Waals surface area (Å²) in [6.45, 7) is 0. The number of halogens is 1. The van der Waals surface area contributed by atoms with E-state index in [4.69, 9.17) is 4.74 Å². The molecular formula is C16H16BrNO2. The van der Waals surface area contributed by atoms with Crippen LogP contribution in [0.3, 0.4) is 0 Å². The number of hydrogen-bond donors (Lipinski definition) is 1. The molecule has 0 aromatic heterocycles. The van der Waals surface area contributed by atoms with E-state index in [1.165, 1.54) is 0 Å². The van der Waals surface area contributed by atoms with Crippen molar-refractivity contribution in [2.75, 3.05) is 12.4 Å². The molecule has 0 aliphatic carbocycles. The number of methoxy groups -OCH3 is 1. The van der Waals surface area contributed by atoms with Crippen molar-refractivity contribution in [2.24, 2.45) is 0 Å². The Labute approximate surface area is 127 Å². The monoisotopic (exact) mass is 333 g/mol. The Hall–Kier alpha value is -1.81. The zero-order chi connectivity index (χ0) is 14.4. The van der Waals surface area contributed by atoms with Crippen LogP contribution >= 0.6 is 15.9 Å². The van der Waals surface area contributed by atoms with E-state index in [1.54, 1.807) is 7.11 Å². The van der Waals surface area contributed by atoms with E-state index in [9.17, 15) is 4.79 Å². The Balaban J connectivity index is 1.93. The van der Waals surface area contributed by atoms with Gasteiger partial charge in [0.05, 0.1) is 11.9 Å². The van der Waals surface area contributed by atoms with Gasteiger partial charge in [0.2, 0.25) is 5.91 Å². The van der Waals surface area contributed by atoms with Crippen LogP contribution in [-0.2, 0) is 11.2 Å². The lowest BCUT2D eigenvalue weighted by molar-refractivity contribution is -0.115. The van der Waals surface area contributed by atoms with Crippen LogP contribution in [0.2, 0.25) is 0 Å². The van der Waals surface area contributed by atoms with Gasteiger partial charge in [0, 0.05) is 5.69 Å². The number of carbonyl (C=O) groups excluding carboxylic acids is 1. The molecule has 104 valence electrons. The molecule has 2 rings (SSSR count). The Bertz CT molecular complexity index is 554. The van der Waals surface area contributed by atoms with Crippen molar-refractivity contribution in [3.63, 3.8) is 0 Å². The lowest BCUT2D eigenvalue weighted by Crippen LogP contribution is -2.24. The summed E-state index contributed by atoms with van der Waals surface area (Å²) in [4.78, 5) is 11.8. The second-order valence-electron chi connectivity index (χ2n) is 4.38. The predicted molar refractivity (Wildman–Crippen MR) is 84.5 cm³/mol. The van der Waals surface area contributed by atoms with Crippen molar-refractivity contribution < 1.29 is 9.53 Å². The fourth-order valence-electron chi connectivity index (χ4n) is 1.81.